The van der Waals surface area contributed by atoms with Crippen LogP contribution in [0.15, 0.2) is 47.1 Å². The summed E-state index contributed by atoms with van der Waals surface area (Å²) in [7, 11) is 0. The van der Waals surface area contributed by atoms with E-state index in [1.54, 1.807) is 25.4 Å². The second kappa shape index (κ2) is 6.88. The van der Waals surface area contributed by atoms with Crippen molar-refractivity contribution < 1.29 is 13.6 Å². The van der Waals surface area contributed by atoms with E-state index in [1.165, 1.54) is 17.7 Å². The molecule has 0 bridgehead atoms. The molecule has 1 aromatic carbocycles. The van der Waals surface area contributed by atoms with Crippen molar-refractivity contribution >= 4 is 16.9 Å². The molecule has 1 amide bonds. The number of hydrogen-bond donors (Lipinski definition) is 0. The summed E-state index contributed by atoms with van der Waals surface area (Å²) in [5.41, 5.74) is 2.46. The number of fused-ring (bicyclic) bond motifs is 1. The average Bonchev–Trinajstić information content (AvgIpc) is 2.99. The van der Waals surface area contributed by atoms with Crippen molar-refractivity contribution in [3.8, 4) is 0 Å². The van der Waals surface area contributed by atoms with Crippen LogP contribution in [0.1, 0.15) is 21.7 Å². The molecule has 0 saturated carbocycles. The van der Waals surface area contributed by atoms with E-state index in [-0.39, 0.29) is 11.7 Å². The number of halogens is 1. The molecule has 0 aliphatic carbocycles. The number of amides is 1. The van der Waals surface area contributed by atoms with Crippen LogP contribution in [0.2, 0.25) is 0 Å². The lowest BCUT2D eigenvalue weighted by molar-refractivity contribution is 0.0599. The Morgan fingerprint density at radius 1 is 1.15 bits per heavy atom. The van der Waals surface area contributed by atoms with E-state index >= 15 is 0 Å². The van der Waals surface area contributed by atoms with Gasteiger partial charge in [-0.1, -0.05) is 0 Å². The van der Waals surface area contributed by atoms with Gasteiger partial charge in [0, 0.05) is 56.1 Å². The maximum Gasteiger partial charge on any atom is 0.289 e. The highest BCUT2D eigenvalue weighted by Gasteiger charge is 2.26. The number of carbonyl (C=O) groups excluding carboxylic acids is 1. The summed E-state index contributed by atoms with van der Waals surface area (Å²) >= 11 is 0. The Hall–Kier alpha value is -2.73. The first-order valence-corrected chi connectivity index (χ1v) is 8.71. The van der Waals surface area contributed by atoms with Gasteiger partial charge >= 0.3 is 0 Å². The Morgan fingerprint density at radius 2 is 1.88 bits per heavy atom. The number of nitrogens with zero attached hydrogens (tertiary/aromatic N) is 3. The number of furan rings is 1. The molecule has 0 atom stereocenters. The van der Waals surface area contributed by atoms with Crippen LogP contribution in [0.3, 0.4) is 0 Å². The molecule has 0 N–H and O–H groups in total. The Bertz CT molecular complexity index is 931. The van der Waals surface area contributed by atoms with E-state index < -0.39 is 0 Å². The molecule has 5 nitrogen and oxygen atoms in total. The molecule has 0 unspecified atom stereocenters. The van der Waals surface area contributed by atoms with E-state index in [9.17, 15) is 9.18 Å². The molecule has 26 heavy (non-hydrogen) atoms. The van der Waals surface area contributed by atoms with Gasteiger partial charge < -0.3 is 9.32 Å². The topological polar surface area (TPSA) is 49.6 Å². The normalized spacial score (nSPS) is 15.5. The second-order valence-corrected chi connectivity index (χ2v) is 6.62. The third-order valence-electron chi connectivity index (χ3n) is 4.91. The van der Waals surface area contributed by atoms with E-state index in [1.807, 2.05) is 17.0 Å². The van der Waals surface area contributed by atoms with Crippen LogP contribution in [0.25, 0.3) is 11.0 Å². The van der Waals surface area contributed by atoms with Crippen molar-refractivity contribution in [2.75, 3.05) is 26.2 Å². The van der Waals surface area contributed by atoms with Crippen LogP contribution in [0, 0.1) is 12.7 Å². The Kier molecular flexibility index (Phi) is 4.42. The van der Waals surface area contributed by atoms with Crippen molar-refractivity contribution in [1.29, 1.82) is 0 Å². The average molecular weight is 353 g/mol. The van der Waals surface area contributed by atoms with E-state index in [0.29, 0.717) is 35.4 Å². The van der Waals surface area contributed by atoms with Crippen molar-refractivity contribution in [1.82, 2.24) is 14.8 Å². The third-order valence-corrected chi connectivity index (χ3v) is 4.91. The summed E-state index contributed by atoms with van der Waals surface area (Å²) in [6, 6.07) is 8.35. The number of benzene rings is 1. The number of aromatic nitrogens is 1. The van der Waals surface area contributed by atoms with Crippen molar-refractivity contribution in [3.63, 3.8) is 0 Å². The summed E-state index contributed by atoms with van der Waals surface area (Å²) in [5.74, 6) is -0.138. The Labute approximate surface area is 151 Å². The van der Waals surface area contributed by atoms with Crippen molar-refractivity contribution in [2.45, 2.75) is 13.5 Å². The fraction of sp³-hybridized carbons (Fsp3) is 0.300. The number of hydrogen-bond acceptors (Lipinski definition) is 4. The van der Waals surface area contributed by atoms with E-state index in [2.05, 4.69) is 9.88 Å². The predicted molar refractivity (Wildman–Crippen MR) is 96.3 cm³/mol. The first-order chi connectivity index (χ1) is 12.6. The number of pyridine rings is 1. The van der Waals surface area contributed by atoms with E-state index in [4.69, 9.17) is 4.42 Å². The third kappa shape index (κ3) is 3.20. The predicted octanol–water partition coefficient (Wildman–Crippen LogP) is 3.23. The molecule has 3 aromatic rings. The van der Waals surface area contributed by atoms with Gasteiger partial charge in [0.05, 0.1) is 0 Å². The van der Waals surface area contributed by atoms with Crippen LogP contribution in [-0.2, 0) is 6.54 Å². The minimum absolute atomic E-state index is 0.123. The Morgan fingerprint density at radius 3 is 2.62 bits per heavy atom. The number of rotatable bonds is 3. The molecule has 1 aliphatic heterocycles. The van der Waals surface area contributed by atoms with Gasteiger partial charge in [0.1, 0.15) is 11.4 Å². The highest BCUT2D eigenvalue weighted by Crippen LogP contribution is 2.27. The molecule has 4 rings (SSSR count). The lowest BCUT2D eigenvalue weighted by Gasteiger charge is -2.34. The smallest absolute Gasteiger partial charge is 0.289 e. The highest BCUT2D eigenvalue weighted by molar-refractivity contribution is 5.99. The molecule has 134 valence electrons. The number of carbonyl (C=O) groups is 1. The Balaban J connectivity index is 1.44. The van der Waals surface area contributed by atoms with Crippen LogP contribution >= 0.6 is 0 Å². The van der Waals surface area contributed by atoms with Gasteiger partial charge in [-0.05, 0) is 42.8 Å². The largest absolute Gasteiger partial charge is 0.451 e. The van der Waals surface area contributed by atoms with Gasteiger partial charge in [-0.3, -0.25) is 14.7 Å². The zero-order chi connectivity index (χ0) is 18.1. The van der Waals surface area contributed by atoms with Crippen molar-refractivity contribution in [3.05, 3.63) is 65.4 Å². The molecule has 6 heteroatoms. The van der Waals surface area contributed by atoms with Crippen LogP contribution in [0.5, 0.6) is 0 Å². The first kappa shape index (κ1) is 16.7. The maximum absolute atomic E-state index is 13.5. The monoisotopic (exact) mass is 353 g/mol. The summed E-state index contributed by atoms with van der Waals surface area (Å²) in [5, 5.41) is 0.657. The molecular weight excluding hydrogens is 333 g/mol. The minimum atomic E-state index is -0.329. The maximum atomic E-state index is 13.5. The SMILES string of the molecule is Cc1c(C(=O)N2CCN(Cc3ccncc3)CC2)oc2ccc(F)cc12. The van der Waals surface area contributed by atoms with Crippen LogP contribution in [0.4, 0.5) is 4.39 Å². The van der Waals surface area contributed by atoms with Gasteiger partial charge in [-0.15, -0.1) is 0 Å². The van der Waals surface area contributed by atoms with Gasteiger partial charge in [0.15, 0.2) is 5.76 Å². The summed E-state index contributed by atoms with van der Waals surface area (Å²) in [6.07, 6.45) is 3.59. The van der Waals surface area contributed by atoms with Crippen LogP contribution < -0.4 is 0 Å². The van der Waals surface area contributed by atoms with E-state index in [0.717, 1.165) is 19.6 Å². The molecule has 0 spiro atoms. The lowest BCUT2D eigenvalue weighted by atomic mass is 10.1. The number of piperazine rings is 1. The minimum Gasteiger partial charge on any atom is -0.451 e. The standard InChI is InChI=1S/C20H20FN3O2/c1-14-17-12-16(21)2-3-18(17)26-19(14)20(25)24-10-8-23(9-11-24)13-15-4-6-22-7-5-15/h2-7,12H,8-11,13H2,1H3. The van der Waals surface area contributed by atoms with Crippen LogP contribution in [-0.4, -0.2) is 46.9 Å². The fourth-order valence-electron chi connectivity index (χ4n) is 3.40. The summed E-state index contributed by atoms with van der Waals surface area (Å²) < 4.78 is 19.2. The molecule has 0 radical (unpaired) electrons. The summed E-state index contributed by atoms with van der Waals surface area (Å²) in [4.78, 5) is 21.0. The number of aryl methyl sites for hydroxylation is 1. The zero-order valence-electron chi connectivity index (χ0n) is 14.6. The first-order valence-electron chi connectivity index (χ1n) is 8.71. The van der Waals surface area contributed by atoms with Gasteiger partial charge in [0.25, 0.3) is 5.91 Å². The molecular formula is C20H20FN3O2. The van der Waals surface area contributed by atoms with Crippen molar-refractivity contribution in [2.24, 2.45) is 0 Å². The zero-order valence-corrected chi connectivity index (χ0v) is 14.6. The quantitative estimate of drug-likeness (QED) is 0.725. The van der Waals surface area contributed by atoms with Gasteiger partial charge in [-0.2, -0.15) is 0 Å². The fourth-order valence-corrected chi connectivity index (χ4v) is 3.40. The molecule has 2 aromatic heterocycles. The van der Waals surface area contributed by atoms with Gasteiger partial charge in [-0.25, -0.2) is 4.39 Å². The molecule has 1 fully saturated rings. The lowest BCUT2D eigenvalue weighted by Crippen LogP contribution is -2.48. The summed E-state index contributed by atoms with van der Waals surface area (Å²) in [6.45, 7) is 5.57. The molecule has 1 saturated heterocycles. The highest BCUT2D eigenvalue weighted by atomic mass is 19.1. The molecule has 3 heterocycles. The second-order valence-electron chi connectivity index (χ2n) is 6.62. The van der Waals surface area contributed by atoms with Gasteiger partial charge in [0.2, 0.25) is 0 Å². The molecule has 1 aliphatic rings.